The van der Waals surface area contributed by atoms with Gasteiger partial charge in [0.1, 0.15) is 0 Å². The van der Waals surface area contributed by atoms with Crippen molar-refractivity contribution in [2.75, 3.05) is 11.9 Å². The van der Waals surface area contributed by atoms with E-state index in [1.165, 1.54) is 18.4 Å². The van der Waals surface area contributed by atoms with E-state index in [9.17, 15) is 0 Å². The van der Waals surface area contributed by atoms with Gasteiger partial charge in [0.2, 0.25) is 5.89 Å². The van der Waals surface area contributed by atoms with Gasteiger partial charge in [-0.15, -0.1) is 5.10 Å². The van der Waals surface area contributed by atoms with Crippen molar-refractivity contribution in [2.45, 2.75) is 69.8 Å². The van der Waals surface area contributed by atoms with Crippen LogP contribution >= 0.6 is 0 Å². The minimum Gasteiger partial charge on any atom is -0.407 e. The Balaban J connectivity index is 1.29. The summed E-state index contributed by atoms with van der Waals surface area (Å²) in [6, 6.07) is 13.2. The summed E-state index contributed by atoms with van der Waals surface area (Å²) >= 11 is 0. The molecule has 2 unspecified atom stereocenters. The molecule has 5 rings (SSSR count). The number of hydrogen-bond donors (Lipinski definition) is 1. The Morgan fingerprint density at radius 1 is 1.03 bits per heavy atom. The van der Waals surface area contributed by atoms with Crippen molar-refractivity contribution >= 4 is 11.7 Å². The Kier molecular flexibility index (Phi) is 4.66. The van der Waals surface area contributed by atoms with Crippen LogP contribution in [0.3, 0.4) is 0 Å². The maximum absolute atomic E-state index is 6.21. The smallest absolute Gasteiger partial charge is 0.320 e. The lowest BCUT2D eigenvalue weighted by Gasteiger charge is -2.28. The van der Waals surface area contributed by atoms with Crippen molar-refractivity contribution in [3.63, 3.8) is 0 Å². The van der Waals surface area contributed by atoms with E-state index in [1.54, 1.807) is 6.20 Å². The van der Waals surface area contributed by atoms with E-state index in [0.717, 1.165) is 36.4 Å². The van der Waals surface area contributed by atoms with Crippen molar-refractivity contribution in [3.05, 3.63) is 54.0 Å². The normalized spacial score (nSPS) is 25.2. The fraction of sp³-hybridized carbons (Fsp3) is 0.480. The summed E-state index contributed by atoms with van der Waals surface area (Å²) in [6.45, 7) is 9.22. The highest BCUT2D eigenvalue weighted by Crippen LogP contribution is 2.55. The molecule has 0 spiro atoms. The van der Waals surface area contributed by atoms with E-state index in [4.69, 9.17) is 9.15 Å². The van der Waals surface area contributed by atoms with E-state index in [-0.39, 0.29) is 16.4 Å². The summed E-state index contributed by atoms with van der Waals surface area (Å²) in [5.74, 6) is 0.602. The van der Waals surface area contributed by atoms with Crippen LogP contribution in [-0.2, 0) is 15.6 Å². The van der Waals surface area contributed by atoms with Gasteiger partial charge in [-0.2, -0.15) is 0 Å². The van der Waals surface area contributed by atoms with E-state index in [1.807, 2.05) is 32.9 Å². The fourth-order valence-electron chi connectivity index (χ4n) is 4.87. The third kappa shape index (κ3) is 3.63. The van der Waals surface area contributed by atoms with Crippen molar-refractivity contribution in [2.24, 2.45) is 0 Å². The van der Waals surface area contributed by atoms with Crippen LogP contribution in [0, 0.1) is 0 Å². The Morgan fingerprint density at radius 3 is 2.39 bits per heavy atom. The summed E-state index contributed by atoms with van der Waals surface area (Å²) in [6.07, 6.45) is 6.46. The molecule has 1 aliphatic heterocycles. The molecule has 162 valence electrons. The third-order valence-electron chi connectivity index (χ3n) is 6.89. The zero-order valence-corrected chi connectivity index (χ0v) is 18.7. The van der Waals surface area contributed by atoms with E-state index in [2.05, 4.69) is 51.7 Å². The summed E-state index contributed by atoms with van der Waals surface area (Å²) in [5.41, 5.74) is 4.40. The number of anilines is 2. The summed E-state index contributed by atoms with van der Waals surface area (Å²) in [7, 11) is 0. The highest BCUT2D eigenvalue weighted by molar-refractivity contribution is 5.63. The Morgan fingerprint density at radius 2 is 1.84 bits per heavy atom. The zero-order valence-electron chi connectivity index (χ0n) is 18.7. The number of fused-ring (bicyclic) bond motifs is 2. The number of pyridine rings is 1. The quantitative estimate of drug-likeness (QED) is 0.567. The topological polar surface area (TPSA) is 73.1 Å². The molecule has 6 heteroatoms. The number of nitrogens with one attached hydrogen (secondary N) is 1. The van der Waals surface area contributed by atoms with Gasteiger partial charge in [-0.05, 0) is 43.4 Å². The molecule has 1 aliphatic carbocycles. The van der Waals surface area contributed by atoms with Crippen LogP contribution in [-0.4, -0.2) is 27.4 Å². The minimum atomic E-state index is -0.179. The van der Waals surface area contributed by atoms with Crippen LogP contribution in [0.4, 0.5) is 11.7 Å². The predicted molar refractivity (Wildman–Crippen MR) is 120 cm³/mol. The minimum absolute atomic E-state index is 0.120. The lowest BCUT2D eigenvalue weighted by atomic mass is 9.79. The molecular weight excluding hydrogens is 388 g/mol. The molecule has 1 saturated carbocycles. The molecule has 0 radical (unpaired) electrons. The van der Waals surface area contributed by atoms with Gasteiger partial charge in [-0.25, -0.2) is 0 Å². The SMILES string of the molecule is CCC12CCC(c3ccc(-c4ccc(Nc5nnc(C(C)(C)C)o5)cn4)cc3)(CO1)C2. The maximum Gasteiger partial charge on any atom is 0.320 e. The molecule has 6 nitrogen and oxygen atoms in total. The van der Waals surface area contributed by atoms with Crippen molar-refractivity contribution in [1.82, 2.24) is 15.2 Å². The van der Waals surface area contributed by atoms with E-state index >= 15 is 0 Å². The molecule has 2 aliphatic rings. The Labute approximate surface area is 183 Å². The number of ether oxygens (including phenoxy) is 1. The number of nitrogens with zero attached hydrogens (tertiary/aromatic N) is 3. The van der Waals surface area contributed by atoms with Crippen LogP contribution in [0.1, 0.15) is 64.8 Å². The van der Waals surface area contributed by atoms with Crippen LogP contribution in [0.5, 0.6) is 0 Å². The molecule has 1 saturated heterocycles. The van der Waals surface area contributed by atoms with Gasteiger partial charge >= 0.3 is 6.01 Å². The van der Waals surface area contributed by atoms with E-state index in [0.29, 0.717) is 11.9 Å². The summed E-state index contributed by atoms with van der Waals surface area (Å²) < 4.78 is 11.9. The lowest BCUT2D eigenvalue weighted by Crippen LogP contribution is -2.27. The second-order valence-corrected chi connectivity index (χ2v) is 10.1. The van der Waals surface area contributed by atoms with Crippen LogP contribution < -0.4 is 5.32 Å². The average molecular weight is 419 g/mol. The molecule has 1 N–H and O–H groups in total. The third-order valence-corrected chi connectivity index (χ3v) is 6.89. The van der Waals surface area contributed by atoms with Gasteiger partial charge in [-0.3, -0.25) is 4.98 Å². The zero-order chi connectivity index (χ0) is 21.7. The number of rotatable bonds is 5. The number of aromatic nitrogens is 3. The van der Waals surface area contributed by atoms with Gasteiger partial charge in [0.25, 0.3) is 0 Å². The highest BCUT2D eigenvalue weighted by Gasteiger charge is 2.55. The Bertz CT molecular complexity index is 1060. The maximum atomic E-state index is 6.21. The molecule has 2 atom stereocenters. The van der Waals surface area contributed by atoms with Crippen LogP contribution in [0.2, 0.25) is 0 Å². The number of benzene rings is 1. The first-order valence-electron chi connectivity index (χ1n) is 11.1. The van der Waals surface area contributed by atoms with Crippen LogP contribution in [0.25, 0.3) is 11.3 Å². The van der Waals surface area contributed by atoms with Gasteiger partial charge in [0, 0.05) is 16.4 Å². The van der Waals surface area contributed by atoms with Crippen LogP contribution in [0.15, 0.2) is 47.0 Å². The molecule has 3 aromatic rings. The molecule has 2 aromatic heterocycles. The van der Waals surface area contributed by atoms with Gasteiger partial charge < -0.3 is 14.5 Å². The first-order valence-corrected chi connectivity index (χ1v) is 11.1. The van der Waals surface area contributed by atoms with Gasteiger partial charge in [0.05, 0.1) is 29.8 Å². The Hall–Kier alpha value is -2.73. The second kappa shape index (κ2) is 7.16. The predicted octanol–water partition coefficient (Wildman–Crippen LogP) is 5.77. The fourth-order valence-corrected chi connectivity index (χ4v) is 4.87. The molecule has 0 amide bonds. The van der Waals surface area contributed by atoms with Gasteiger partial charge in [-0.1, -0.05) is 57.1 Å². The summed E-state index contributed by atoms with van der Waals surface area (Å²) in [4.78, 5) is 4.62. The van der Waals surface area contributed by atoms with Gasteiger partial charge in [0.15, 0.2) is 0 Å². The molecule has 2 fully saturated rings. The molecule has 1 aromatic carbocycles. The standard InChI is InChI=1S/C25H30N4O2/c1-5-25-13-12-24(15-25,16-30-25)18-8-6-17(7-9-18)20-11-10-19(14-26-20)27-22-29-28-21(31-22)23(2,3)4/h6-11,14H,5,12-13,15-16H2,1-4H3,(H,27,29). The monoisotopic (exact) mass is 418 g/mol. The molecule has 3 heterocycles. The first kappa shape index (κ1) is 20.2. The second-order valence-electron chi connectivity index (χ2n) is 10.1. The first-order chi connectivity index (χ1) is 14.8. The lowest BCUT2D eigenvalue weighted by molar-refractivity contribution is -0.0224. The molecular formula is C25H30N4O2. The summed E-state index contributed by atoms with van der Waals surface area (Å²) in [5, 5.41) is 11.3. The molecule has 2 bridgehead atoms. The van der Waals surface area contributed by atoms with Crippen molar-refractivity contribution < 1.29 is 9.15 Å². The largest absolute Gasteiger partial charge is 0.407 e. The highest BCUT2D eigenvalue weighted by atomic mass is 16.5. The van der Waals surface area contributed by atoms with E-state index < -0.39 is 0 Å². The average Bonchev–Trinajstić information content (AvgIpc) is 3.49. The molecule has 31 heavy (non-hydrogen) atoms. The number of hydrogen-bond acceptors (Lipinski definition) is 6. The van der Waals surface area contributed by atoms with Crippen molar-refractivity contribution in [3.8, 4) is 11.3 Å². The van der Waals surface area contributed by atoms with Crippen molar-refractivity contribution in [1.29, 1.82) is 0 Å².